The van der Waals surface area contributed by atoms with Gasteiger partial charge in [-0.15, -0.1) is 0 Å². The van der Waals surface area contributed by atoms with Crippen molar-refractivity contribution in [2.75, 3.05) is 19.0 Å². The third-order valence-corrected chi connectivity index (χ3v) is 4.74. The van der Waals surface area contributed by atoms with Gasteiger partial charge in [-0.25, -0.2) is 0 Å². The Balaban J connectivity index is 1.56. The maximum atomic E-state index is 5.99. The van der Waals surface area contributed by atoms with E-state index in [1.165, 1.54) is 11.1 Å². The van der Waals surface area contributed by atoms with Gasteiger partial charge in [0, 0.05) is 19.7 Å². The summed E-state index contributed by atoms with van der Waals surface area (Å²) in [7, 11) is 4.00. The lowest BCUT2D eigenvalue weighted by molar-refractivity contribution is 0.415. The second kappa shape index (κ2) is 6.63. The summed E-state index contributed by atoms with van der Waals surface area (Å²) < 4.78 is 11.5. The molecule has 4 heteroatoms. The van der Waals surface area contributed by atoms with Crippen molar-refractivity contribution in [1.29, 1.82) is 0 Å². The molecule has 1 aromatic heterocycles. The molecule has 0 fully saturated rings. The van der Waals surface area contributed by atoms with E-state index >= 15 is 0 Å². The van der Waals surface area contributed by atoms with Crippen LogP contribution >= 0.6 is 0 Å². The minimum absolute atomic E-state index is 0.463. The summed E-state index contributed by atoms with van der Waals surface area (Å²) in [5, 5.41) is 4.24. The first-order valence-corrected chi connectivity index (χ1v) is 8.68. The van der Waals surface area contributed by atoms with Gasteiger partial charge < -0.3 is 14.2 Å². The van der Waals surface area contributed by atoms with Gasteiger partial charge in [0.25, 0.3) is 0 Å². The summed E-state index contributed by atoms with van der Waals surface area (Å²) in [6.07, 6.45) is 3.00. The zero-order chi connectivity index (χ0) is 17.2. The Hall–Kier alpha value is -2.75. The molecule has 0 saturated heterocycles. The Morgan fingerprint density at radius 2 is 1.84 bits per heavy atom. The number of ether oxygens (including phenoxy) is 1. The van der Waals surface area contributed by atoms with E-state index in [4.69, 9.17) is 9.26 Å². The van der Waals surface area contributed by atoms with Gasteiger partial charge in [-0.1, -0.05) is 35.5 Å². The normalized spacial score (nSPS) is 16.3. The van der Waals surface area contributed by atoms with Crippen molar-refractivity contribution in [3.8, 4) is 11.5 Å². The molecular formula is C21H22N2O2. The molecule has 4 nitrogen and oxygen atoms in total. The van der Waals surface area contributed by atoms with Crippen LogP contribution in [0.25, 0.3) is 0 Å². The van der Waals surface area contributed by atoms with E-state index in [1.54, 1.807) is 0 Å². The number of para-hydroxylation sites is 1. The van der Waals surface area contributed by atoms with Crippen molar-refractivity contribution in [3.05, 3.63) is 71.4 Å². The average molecular weight is 334 g/mol. The van der Waals surface area contributed by atoms with Crippen LogP contribution in [0, 0.1) is 0 Å². The average Bonchev–Trinajstić information content (AvgIpc) is 3.06. The highest BCUT2D eigenvalue weighted by molar-refractivity contribution is 5.48. The molecule has 4 rings (SSSR count). The van der Waals surface area contributed by atoms with Gasteiger partial charge in [-0.2, -0.15) is 0 Å². The standard InChI is InChI=1S/C21H22N2O2/c1-23(2)21-19-14-16(11-12-20(19)22-25-21)15-7-6-10-18(13-15)24-17-8-4-3-5-9-17/h3-10,13,16H,11-12,14H2,1-2H3. The summed E-state index contributed by atoms with van der Waals surface area (Å²) in [6, 6.07) is 18.3. The number of fused-ring (bicyclic) bond motifs is 1. The van der Waals surface area contributed by atoms with Crippen molar-refractivity contribution >= 4 is 5.88 Å². The number of hydrogen-bond acceptors (Lipinski definition) is 4. The van der Waals surface area contributed by atoms with E-state index < -0.39 is 0 Å². The molecule has 0 aliphatic heterocycles. The zero-order valence-corrected chi connectivity index (χ0v) is 14.6. The first-order chi connectivity index (χ1) is 12.2. The zero-order valence-electron chi connectivity index (χ0n) is 14.6. The minimum Gasteiger partial charge on any atom is -0.457 e. The maximum absolute atomic E-state index is 5.99. The number of benzene rings is 2. The Bertz CT molecular complexity index is 855. The maximum Gasteiger partial charge on any atom is 0.230 e. The number of anilines is 1. The Labute approximate surface area is 148 Å². The molecule has 0 amide bonds. The topological polar surface area (TPSA) is 38.5 Å². The summed E-state index contributed by atoms with van der Waals surface area (Å²) >= 11 is 0. The number of aryl methyl sites for hydroxylation is 1. The fourth-order valence-corrected chi connectivity index (χ4v) is 3.49. The SMILES string of the molecule is CN(C)c1onc2c1CC(c1cccc(Oc3ccccc3)c1)CC2. The molecule has 0 N–H and O–H groups in total. The van der Waals surface area contributed by atoms with E-state index in [0.29, 0.717) is 5.92 Å². The molecule has 1 atom stereocenters. The second-order valence-electron chi connectivity index (χ2n) is 6.73. The molecule has 0 radical (unpaired) electrons. The summed E-state index contributed by atoms with van der Waals surface area (Å²) in [5.74, 6) is 3.09. The molecule has 1 aliphatic carbocycles. The lowest BCUT2D eigenvalue weighted by Gasteiger charge is -2.23. The van der Waals surface area contributed by atoms with Crippen molar-refractivity contribution < 1.29 is 9.26 Å². The molecule has 0 bridgehead atoms. The van der Waals surface area contributed by atoms with Gasteiger partial charge in [0.05, 0.1) is 5.69 Å². The minimum atomic E-state index is 0.463. The highest BCUT2D eigenvalue weighted by Gasteiger charge is 2.27. The van der Waals surface area contributed by atoms with E-state index in [9.17, 15) is 0 Å². The van der Waals surface area contributed by atoms with Crippen LogP contribution in [-0.2, 0) is 12.8 Å². The Kier molecular flexibility index (Phi) is 4.18. The van der Waals surface area contributed by atoms with Crippen molar-refractivity contribution in [3.63, 3.8) is 0 Å². The van der Waals surface area contributed by atoms with Gasteiger partial charge in [-0.05, 0) is 55.0 Å². The number of rotatable bonds is 4. The van der Waals surface area contributed by atoms with Crippen LogP contribution < -0.4 is 9.64 Å². The lowest BCUT2D eigenvalue weighted by atomic mass is 9.82. The van der Waals surface area contributed by atoms with Crippen molar-refractivity contribution in [1.82, 2.24) is 5.16 Å². The molecule has 1 heterocycles. The van der Waals surface area contributed by atoms with Crippen LogP contribution in [0.5, 0.6) is 11.5 Å². The van der Waals surface area contributed by atoms with E-state index in [1.807, 2.05) is 55.4 Å². The highest BCUT2D eigenvalue weighted by Crippen LogP contribution is 2.38. The fourth-order valence-electron chi connectivity index (χ4n) is 3.49. The summed E-state index contributed by atoms with van der Waals surface area (Å²) in [6.45, 7) is 0. The summed E-state index contributed by atoms with van der Waals surface area (Å²) in [4.78, 5) is 2.00. The number of hydrogen-bond donors (Lipinski definition) is 0. The van der Waals surface area contributed by atoms with E-state index in [2.05, 4.69) is 23.4 Å². The van der Waals surface area contributed by atoms with Crippen LogP contribution in [0.4, 0.5) is 5.88 Å². The van der Waals surface area contributed by atoms with E-state index in [-0.39, 0.29) is 0 Å². The third-order valence-electron chi connectivity index (χ3n) is 4.74. The van der Waals surface area contributed by atoms with Crippen molar-refractivity contribution in [2.24, 2.45) is 0 Å². The number of aromatic nitrogens is 1. The molecule has 3 aromatic rings. The molecule has 0 spiro atoms. The highest BCUT2D eigenvalue weighted by atomic mass is 16.5. The van der Waals surface area contributed by atoms with Gasteiger partial charge in [0.2, 0.25) is 5.88 Å². The van der Waals surface area contributed by atoms with E-state index in [0.717, 1.165) is 42.3 Å². The van der Waals surface area contributed by atoms with Gasteiger partial charge >= 0.3 is 0 Å². The van der Waals surface area contributed by atoms with Crippen LogP contribution in [-0.4, -0.2) is 19.3 Å². The van der Waals surface area contributed by atoms with Gasteiger partial charge in [0.15, 0.2) is 0 Å². The van der Waals surface area contributed by atoms with Gasteiger partial charge in [-0.3, -0.25) is 0 Å². The Morgan fingerprint density at radius 1 is 1.04 bits per heavy atom. The first-order valence-electron chi connectivity index (χ1n) is 8.68. The number of nitrogens with zero attached hydrogens (tertiary/aromatic N) is 2. The molecule has 1 unspecified atom stereocenters. The molecule has 1 aliphatic rings. The second-order valence-corrected chi connectivity index (χ2v) is 6.73. The monoisotopic (exact) mass is 334 g/mol. The first kappa shape index (κ1) is 15.8. The Morgan fingerprint density at radius 3 is 2.64 bits per heavy atom. The molecular weight excluding hydrogens is 312 g/mol. The molecule has 0 saturated carbocycles. The third kappa shape index (κ3) is 3.25. The summed E-state index contributed by atoms with van der Waals surface area (Å²) in [5.41, 5.74) is 3.66. The quantitative estimate of drug-likeness (QED) is 0.686. The molecule has 25 heavy (non-hydrogen) atoms. The largest absolute Gasteiger partial charge is 0.457 e. The fraction of sp³-hybridized carbons (Fsp3) is 0.286. The predicted octanol–water partition coefficient (Wildman–Crippen LogP) is 4.81. The van der Waals surface area contributed by atoms with Gasteiger partial charge in [0.1, 0.15) is 11.5 Å². The lowest BCUT2D eigenvalue weighted by Crippen LogP contribution is -2.16. The van der Waals surface area contributed by atoms with Crippen LogP contribution in [0.3, 0.4) is 0 Å². The molecule has 2 aromatic carbocycles. The molecule has 128 valence electrons. The predicted molar refractivity (Wildman–Crippen MR) is 98.6 cm³/mol. The smallest absolute Gasteiger partial charge is 0.230 e. The van der Waals surface area contributed by atoms with Crippen LogP contribution in [0.1, 0.15) is 29.2 Å². The van der Waals surface area contributed by atoms with Crippen molar-refractivity contribution in [2.45, 2.75) is 25.2 Å². The van der Waals surface area contributed by atoms with Crippen LogP contribution in [0.15, 0.2) is 59.1 Å². The van der Waals surface area contributed by atoms with Crippen LogP contribution in [0.2, 0.25) is 0 Å².